The van der Waals surface area contributed by atoms with E-state index in [-0.39, 0.29) is 22.4 Å². The van der Waals surface area contributed by atoms with Crippen LogP contribution in [0.3, 0.4) is 0 Å². The predicted molar refractivity (Wildman–Crippen MR) is 132 cm³/mol. The van der Waals surface area contributed by atoms with Gasteiger partial charge in [0.25, 0.3) is 0 Å². The molecule has 0 saturated heterocycles. The smallest absolute Gasteiger partial charge is 0.167 e. The van der Waals surface area contributed by atoms with Gasteiger partial charge in [-0.1, -0.05) is 45.4 Å². The van der Waals surface area contributed by atoms with Gasteiger partial charge in [-0.25, -0.2) is 0 Å². The van der Waals surface area contributed by atoms with Crippen LogP contribution in [-0.4, -0.2) is 15.9 Å². The summed E-state index contributed by atoms with van der Waals surface area (Å²) < 4.78 is 0. The van der Waals surface area contributed by atoms with Gasteiger partial charge in [0.1, 0.15) is 5.76 Å². The molecule has 0 spiro atoms. The molecule has 3 heteroatoms. The van der Waals surface area contributed by atoms with E-state index in [0.717, 1.165) is 11.3 Å². The van der Waals surface area contributed by atoms with Gasteiger partial charge < -0.3 is 5.11 Å². The first-order chi connectivity index (χ1) is 14.9. The van der Waals surface area contributed by atoms with E-state index in [9.17, 15) is 9.90 Å². The summed E-state index contributed by atoms with van der Waals surface area (Å²) in [7, 11) is 0. The van der Waals surface area contributed by atoms with Crippen LogP contribution in [0, 0.1) is 6.92 Å². The number of fused-ring (bicyclic) bond motifs is 1. The molecular formula is C29H35NO2. The minimum absolute atomic E-state index is 0.00475. The zero-order chi connectivity index (χ0) is 23.4. The lowest BCUT2D eigenvalue weighted by Crippen LogP contribution is -2.34. The molecule has 2 aliphatic rings. The lowest BCUT2D eigenvalue weighted by atomic mass is 9.62. The number of carbonyl (C=O) groups is 1. The molecule has 0 bridgehead atoms. The van der Waals surface area contributed by atoms with Crippen molar-refractivity contribution in [3.8, 4) is 0 Å². The Kier molecular flexibility index (Phi) is 5.43. The van der Waals surface area contributed by atoms with Gasteiger partial charge in [0.2, 0.25) is 0 Å². The zero-order valence-electron chi connectivity index (χ0n) is 20.5. The molecule has 1 aromatic heterocycles. The molecule has 1 heterocycles. The number of ketones is 1. The number of carbonyl (C=O) groups excluding carboxylic acids is 1. The maximum atomic E-state index is 12.2. The third kappa shape index (κ3) is 3.72. The number of nitrogens with zero attached hydrogens (tertiary/aromatic N) is 1. The molecule has 1 N–H and O–H groups in total. The Hall–Kier alpha value is -2.68. The molecular weight excluding hydrogens is 394 g/mol. The van der Waals surface area contributed by atoms with Crippen LogP contribution in [0.2, 0.25) is 0 Å². The second-order valence-electron chi connectivity index (χ2n) is 11.0. The molecule has 0 atom stereocenters. The first kappa shape index (κ1) is 22.5. The minimum atomic E-state index is -0.00475. The van der Waals surface area contributed by atoms with Gasteiger partial charge in [0.05, 0.1) is 11.3 Å². The summed E-state index contributed by atoms with van der Waals surface area (Å²) in [5.74, 6) is 0.178. The lowest BCUT2D eigenvalue weighted by Gasteiger charge is -2.42. The standard InChI is InChI=1S/C29H35NO2/c1-17(2)26(23-9-8-19(16-30-23)27-24(31)10-11-25(27)32)20-15-22-21(14-18(20)3)28(4,5)12-13-29(22,6)7/h8-9,14-16,31H,10-13H2,1-7H3. The van der Waals surface area contributed by atoms with Crippen LogP contribution in [0.15, 0.2) is 41.8 Å². The molecule has 2 aromatic rings. The highest BCUT2D eigenvalue weighted by atomic mass is 16.3. The van der Waals surface area contributed by atoms with E-state index < -0.39 is 0 Å². The molecule has 32 heavy (non-hydrogen) atoms. The molecule has 3 nitrogen and oxygen atoms in total. The molecule has 4 rings (SSSR count). The van der Waals surface area contributed by atoms with Crippen molar-refractivity contribution in [3.05, 3.63) is 75.3 Å². The van der Waals surface area contributed by atoms with Crippen LogP contribution in [0.4, 0.5) is 0 Å². The van der Waals surface area contributed by atoms with Crippen molar-refractivity contribution in [1.82, 2.24) is 4.98 Å². The van der Waals surface area contributed by atoms with Gasteiger partial charge in [0.15, 0.2) is 5.78 Å². The Labute approximate surface area is 192 Å². The first-order valence-electron chi connectivity index (χ1n) is 11.7. The van der Waals surface area contributed by atoms with Gasteiger partial charge in [-0.15, -0.1) is 0 Å². The molecule has 1 aromatic carbocycles. The third-order valence-corrected chi connectivity index (χ3v) is 7.43. The van der Waals surface area contributed by atoms with Gasteiger partial charge in [0, 0.05) is 30.2 Å². The van der Waals surface area contributed by atoms with Gasteiger partial charge in [-0.05, 0) is 78.8 Å². The number of aromatic nitrogens is 1. The van der Waals surface area contributed by atoms with Crippen LogP contribution in [-0.2, 0) is 15.6 Å². The number of aliphatic hydroxyl groups excluding tert-OH is 1. The summed E-state index contributed by atoms with van der Waals surface area (Å²) in [5.41, 5.74) is 10.1. The molecule has 0 fully saturated rings. The average molecular weight is 430 g/mol. The summed E-state index contributed by atoms with van der Waals surface area (Å²) in [6.45, 7) is 15.9. The normalized spacial score (nSPS) is 19.2. The molecule has 0 radical (unpaired) electrons. The first-order valence-corrected chi connectivity index (χ1v) is 11.7. The number of hydrogen-bond acceptors (Lipinski definition) is 3. The summed E-state index contributed by atoms with van der Waals surface area (Å²) in [6, 6.07) is 8.69. The van der Waals surface area contributed by atoms with Crippen molar-refractivity contribution in [2.75, 3.05) is 0 Å². The Morgan fingerprint density at radius 2 is 1.59 bits per heavy atom. The second-order valence-corrected chi connectivity index (χ2v) is 11.0. The number of benzene rings is 1. The second kappa shape index (κ2) is 7.72. The monoisotopic (exact) mass is 429 g/mol. The number of hydrogen-bond donors (Lipinski definition) is 1. The summed E-state index contributed by atoms with van der Waals surface area (Å²) >= 11 is 0. The van der Waals surface area contributed by atoms with Crippen molar-refractivity contribution in [1.29, 1.82) is 0 Å². The van der Waals surface area contributed by atoms with E-state index in [0.29, 0.717) is 24.0 Å². The quantitative estimate of drug-likeness (QED) is 0.561. The highest BCUT2D eigenvalue weighted by Crippen LogP contribution is 2.47. The van der Waals surface area contributed by atoms with Crippen LogP contribution in [0.25, 0.3) is 11.1 Å². The van der Waals surface area contributed by atoms with Crippen LogP contribution in [0.1, 0.15) is 101 Å². The molecule has 0 amide bonds. The number of rotatable bonds is 3. The van der Waals surface area contributed by atoms with Crippen molar-refractivity contribution in [2.24, 2.45) is 0 Å². The van der Waals surface area contributed by atoms with E-state index in [1.54, 1.807) is 6.20 Å². The highest BCUT2D eigenvalue weighted by molar-refractivity contribution is 6.23. The molecule has 168 valence electrons. The third-order valence-electron chi connectivity index (χ3n) is 7.43. The number of aryl methyl sites for hydroxylation is 1. The van der Waals surface area contributed by atoms with Crippen molar-refractivity contribution in [3.63, 3.8) is 0 Å². The Balaban J connectivity index is 1.82. The number of Topliss-reactive ketones (excluding diaryl/α,β-unsaturated/α-hetero) is 1. The van der Waals surface area contributed by atoms with E-state index in [4.69, 9.17) is 4.98 Å². The fourth-order valence-corrected chi connectivity index (χ4v) is 5.32. The van der Waals surface area contributed by atoms with Crippen LogP contribution in [0.5, 0.6) is 0 Å². The van der Waals surface area contributed by atoms with Crippen molar-refractivity contribution < 1.29 is 9.90 Å². The lowest BCUT2D eigenvalue weighted by molar-refractivity contribution is -0.113. The average Bonchev–Trinajstić information content (AvgIpc) is 3.05. The van der Waals surface area contributed by atoms with Gasteiger partial charge in [-0.3, -0.25) is 9.78 Å². The summed E-state index contributed by atoms with van der Waals surface area (Å²) in [6.07, 6.45) is 4.91. The molecule has 0 aliphatic heterocycles. The largest absolute Gasteiger partial charge is 0.512 e. The van der Waals surface area contributed by atoms with Crippen LogP contribution >= 0.6 is 0 Å². The van der Waals surface area contributed by atoms with E-state index >= 15 is 0 Å². The Morgan fingerprint density at radius 3 is 2.09 bits per heavy atom. The number of allylic oxidation sites excluding steroid dienone is 3. The van der Waals surface area contributed by atoms with Crippen molar-refractivity contribution in [2.45, 2.75) is 85.0 Å². The SMILES string of the molecule is CC(C)=C(c1ccc(C2=C(O)CCC2=O)cn1)c1cc2c(cc1C)C(C)(C)CCC2(C)C. The number of aliphatic hydroxyl groups is 1. The molecule has 0 saturated carbocycles. The Bertz CT molecular complexity index is 1160. The zero-order valence-corrected chi connectivity index (χ0v) is 20.5. The van der Waals surface area contributed by atoms with Gasteiger partial charge >= 0.3 is 0 Å². The van der Waals surface area contributed by atoms with E-state index in [1.807, 2.05) is 12.1 Å². The predicted octanol–water partition coefficient (Wildman–Crippen LogP) is 7.21. The highest BCUT2D eigenvalue weighted by Gasteiger charge is 2.37. The minimum Gasteiger partial charge on any atom is -0.512 e. The van der Waals surface area contributed by atoms with E-state index in [2.05, 4.69) is 60.6 Å². The molecule has 0 unspecified atom stereocenters. The van der Waals surface area contributed by atoms with Crippen LogP contribution < -0.4 is 0 Å². The van der Waals surface area contributed by atoms with Crippen molar-refractivity contribution >= 4 is 16.9 Å². The summed E-state index contributed by atoms with van der Waals surface area (Å²) in [4.78, 5) is 16.9. The van der Waals surface area contributed by atoms with Gasteiger partial charge in [-0.2, -0.15) is 0 Å². The fourth-order valence-electron chi connectivity index (χ4n) is 5.32. The maximum absolute atomic E-state index is 12.2. The molecule has 2 aliphatic carbocycles. The Morgan fingerprint density at radius 1 is 0.969 bits per heavy atom. The summed E-state index contributed by atoms with van der Waals surface area (Å²) in [5, 5.41) is 10.1. The maximum Gasteiger partial charge on any atom is 0.167 e. The number of pyridine rings is 1. The fraction of sp³-hybridized carbons (Fsp3) is 0.448. The van der Waals surface area contributed by atoms with E-state index in [1.165, 1.54) is 40.7 Å². The topological polar surface area (TPSA) is 50.2 Å².